The lowest BCUT2D eigenvalue weighted by Gasteiger charge is -2.24. The second kappa shape index (κ2) is 11.0. The molecule has 5 nitrogen and oxygen atoms in total. The minimum absolute atomic E-state index is 0.148. The first-order chi connectivity index (χ1) is 16.0. The maximum absolute atomic E-state index is 13.3. The predicted molar refractivity (Wildman–Crippen MR) is 131 cm³/mol. The zero-order chi connectivity index (χ0) is 23.2. The highest BCUT2D eigenvalue weighted by Gasteiger charge is 2.32. The fraction of sp³-hybridized carbons (Fsp3) is 0.500. The van der Waals surface area contributed by atoms with Crippen molar-refractivity contribution < 1.29 is 14.3 Å². The molecule has 0 bridgehead atoms. The SMILES string of the molecule is CCN1CCN(C(=O)CC[C@@H]2CCCO2)C[C@@H](Cc2cccc(-c3ccccc3C)c2)C1=O. The monoisotopic (exact) mass is 448 g/mol. The molecular formula is C28H36N2O3. The van der Waals surface area contributed by atoms with Gasteiger partial charge in [0.2, 0.25) is 11.8 Å². The Morgan fingerprint density at radius 2 is 1.97 bits per heavy atom. The van der Waals surface area contributed by atoms with Crippen molar-refractivity contribution in [2.75, 3.05) is 32.8 Å². The summed E-state index contributed by atoms with van der Waals surface area (Å²) in [4.78, 5) is 30.1. The van der Waals surface area contributed by atoms with Crippen molar-refractivity contribution in [1.82, 2.24) is 9.80 Å². The van der Waals surface area contributed by atoms with E-state index in [9.17, 15) is 9.59 Å². The topological polar surface area (TPSA) is 49.9 Å². The molecule has 5 heteroatoms. The molecule has 0 unspecified atom stereocenters. The third-order valence-electron chi connectivity index (χ3n) is 7.05. The largest absolute Gasteiger partial charge is 0.378 e. The molecule has 2 saturated heterocycles. The fourth-order valence-electron chi connectivity index (χ4n) is 5.10. The minimum Gasteiger partial charge on any atom is -0.378 e. The van der Waals surface area contributed by atoms with Gasteiger partial charge < -0.3 is 14.5 Å². The summed E-state index contributed by atoms with van der Waals surface area (Å²) in [6, 6.07) is 16.9. The summed E-state index contributed by atoms with van der Waals surface area (Å²) in [6.45, 7) is 7.35. The van der Waals surface area contributed by atoms with E-state index in [1.165, 1.54) is 16.7 Å². The summed E-state index contributed by atoms with van der Waals surface area (Å²) in [6.07, 6.45) is 4.28. The number of carbonyl (C=O) groups excluding carboxylic acids is 2. The van der Waals surface area contributed by atoms with E-state index in [0.29, 0.717) is 39.0 Å². The smallest absolute Gasteiger partial charge is 0.227 e. The van der Waals surface area contributed by atoms with Gasteiger partial charge in [-0.05, 0) is 61.8 Å². The maximum atomic E-state index is 13.3. The molecule has 33 heavy (non-hydrogen) atoms. The number of carbonyl (C=O) groups is 2. The highest BCUT2D eigenvalue weighted by Crippen LogP contribution is 2.26. The number of benzene rings is 2. The first-order valence-electron chi connectivity index (χ1n) is 12.4. The second-order valence-corrected chi connectivity index (χ2v) is 9.35. The third-order valence-corrected chi connectivity index (χ3v) is 7.05. The Balaban J connectivity index is 1.48. The summed E-state index contributed by atoms with van der Waals surface area (Å²) in [7, 11) is 0. The molecule has 2 aliphatic heterocycles. The Labute approximate surface area is 197 Å². The van der Waals surface area contributed by atoms with Crippen LogP contribution in [0.4, 0.5) is 0 Å². The van der Waals surface area contributed by atoms with Crippen molar-refractivity contribution >= 4 is 11.8 Å². The van der Waals surface area contributed by atoms with Gasteiger partial charge in [-0.1, -0.05) is 48.5 Å². The van der Waals surface area contributed by atoms with Gasteiger partial charge in [-0.15, -0.1) is 0 Å². The molecule has 2 aliphatic rings. The molecule has 2 fully saturated rings. The van der Waals surface area contributed by atoms with Crippen LogP contribution < -0.4 is 0 Å². The first kappa shape index (κ1) is 23.5. The Kier molecular flexibility index (Phi) is 7.81. The van der Waals surface area contributed by atoms with Gasteiger partial charge in [0.15, 0.2) is 0 Å². The van der Waals surface area contributed by atoms with Gasteiger partial charge in [0.05, 0.1) is 12.0 Å². The molecule has 4 rings (SSSR count). The Bertz CT molecular complexity index is 967. The number of amides is 2. The summed E-state index contributed by atoms with van der Waals surface area (Å²) in [5.41, 5.74) is 4.76. The van der Waals surface area contributed by atoms with Gasteiger partial charge in [0.1, 0.15) is 0 Å². The van der Waals surface area contributed by atoms with E-state index in [1.54, 1.807) is 0 Å². The standard InChI is InChI=1S/C28H36N2O3/c1-3-29-15-16-30(27(31)14-13-25-11-7-17-33-25)20-24(28(29)32)19-22-9-6-10-23(18-22)26-12-5-4-8-21(26)2/h4-6,8-10,12,18,24-25H,3,7,11,13-17,19-20H2,1-2H3/t24-,25+/m1/s1. The zero-order valence-electron chi connectivity index (χ0n) is 20.0. The van der Waals surface area contributed by atoms with Crippen LogP contribution in [0, 0.1) is 12.8 Å². The van der Waals surface area contributed by atoms with E-state index in [-0.39, 0.29) is 23.8 Å². The molecule has 0 aliphatic carbocycles. The van der Waals surface area contributed by atoms with Crippen molar-refractivity contribution in [2.45, 2.75) is 52.1 Å². The maximum Gasteiger partial charge on any atom is 0.227 e. The molecule has 2 heterocycles. The Morgan fingerprint density at radius 1 is 1.12 bits per heavy atom. The number of hydrogen-bond donors (Lipinski definition) is 0. The molecule has 0 spiro atoms. The highest BCUT2D eigenvalue weighted by molar-refractivity contribution is 5.82. The zero-order valence-corrected chi connectivity index (χ0v) is 20.0. The van der Waals surface area contributed by atoms with Crippen LogP contribution in [0.2, 0.25) is 0 Å². The number of rotatable bonds is 7. The quantitative estimate of drug-likeness (QED) is 0.628. The van der Waals surface area contributed by atoms with Crippen molar-refractivity contribution in [1.29, 1.82) is 0 Å². The highest BCUT2D eigenvalue weighted by atomic mass is 16.5. The summed E-state index contributed by atoms with van der Waals surface area (Å²) in [5.74, 6) is 0.0920. The number of ether oxygens (including phenoxy) is 1. The lowest BCUT2D eigenvalue weighted by molar-refractivity contribution is -0.135. The van der Waals surface area contributed by atoms with Crippen molar-refractivity contribution in [3.05, 3.63) is 59.7 Å². The van der Waals surface area contributed by atoms with Gasteiger partial charge in [0.25, 0.3) is 0 Å². The third kappa shape index (κ3) is 5.83. The minimum atomic E-state index is -0.216. The van der Waals surface area contributed by atoms with Gasteiger partial charge in [-0.3, -0.25) is 9.59 Å². The molecule has 2 amide bonds. The Morgan fingerprint density at radius 3 is 2.73 bits per heavy atom. The van der Waals surface area contributed by atoms with E-state index in [1.807, 2.05) is 16.7 Å². The number of likely N-dealkylation sites (N-methyl/N-ethyl adjacent to an activating group) is 1. The molecule has 0 aromatic heterocycles. The van der Waals surface area contributed by atoms with Gasteiger partial charge in [-0.25, -0.2) is 0 Å². The molecule has 0 saturated carbocycles. The van der Waals surface area contributed by atoms with E-state index < -0.39 is 0 Å². The molecule has 2 aromatic carbocycles. The van der Waals surface area contributed by atoms with Crippen LogP contribution >= 0.6 is 0 Å². The number of aryl methyl sites for hydroxylation is 1. The lowest BCUT2D eigenvalue weighted by Crippen LogP contribution is -2.38. The Hall–Kier alpha value is -2.66. The average Bonchev–Trinajstić information content (AvgIpc) is 3.30. The summed E-state index contributed by atoms with van der Waals surface area (Å²) >= 11 is 0. The summed E-state index contributed by atoms with van der Waals surface area (Å²) < 4.78 is 5.69. The van der Waals surface area contributed by atoms with Crippen LogP contribution in [0.15, 0.2) is 48.5 Å². The number of nitrogens with zero attached hydrogens (tertiary/aromatic N) is 2. The van der Waals surface area contributed by atoms with E-state index >= 15 is 0 Å². The first-order valence-corrected chi connectivity index (χ1v) is 12.4. The van der Waals surface area contributed by atoms with E-state index in [2.05, 4.69) is 55.5 Å². The van der Waals surface area contributed by atoms with Crippen LogP contribution in [-0.4, -0.2) is 60.5 Å². The van der Waals surface area contributed by atoms with Crippen LogP contribution in [0.3, 0.4) is 0 Å². The van der Waals surface area contributed by atoms with Crippen molar-refractivity contribution in [3.8, 4) is 11.1 Å². The molecule has 2 aromatic rings. The van der Waals surface area contributed by atoms with Gasteiger partial charge >= 0.3 is 0 Å². The van der Waals surface area contributed by atoms with Crippen LogP contribution in [0.1, 0.15) is 43.7 Å². The fourth-order valence-corrected chi connectivity index (χ4v) is 5.10. The van der Waals surface area contributed by atoms with E-state index in [0.717, 1.165) is 31.4 Å². The molecule has 0 radical (unpaired) electrons. The molecule has 176 valence electrons. The summed E-state index contributed by atoms with van der Waals surface area (Å²) in [5, 5.41) is 0. The van der Waals surface area contributed by atoms with Crippen LogP contribution in [0.5, 0.6) is 0 Å². The van der Waals surface area contributed by atoms with Gasteiger partial charge in [-0.2, -0.15) is 0 Å². The molecular weight excluding hydrogens is 412 g/mol. The lowest BCUT2D eigenvalue weighted by atomic mass is 9.93. The average molecular weight is 449 g/mol. The number of hydrogen-bond acceptors (Lipinski definition) is 3. The molecule has 0 N–H and O–H groups in total. The molecule has 2 atom stereocenters. The van der Waals surface area contributed by atoms with Crippen LogP contribution in [-0.2, 0) is 20.7 Å². The normalized spacial score (nSPS) is 21.3. The van der Waals surface area contributed by atoms with Crippen LogP contribution in [0.25, 0.3) is 11.1 Å². The van der Waals surface area contributed by atoms with Crippen molar-refractivity contribution in [2.24, 2.45) is 5.92 Å². The van der Waals surface area contributed by atoms with E-state index in [4.69, 9.17) is 4.74 Å². The van der Waals surface area contributed by atoms with Crippen molar-refractivity contribution in [3.63, 3.8) is 0 Å². The second-order valence-electron chi connectivity index (χ2n) is 9.35. The predicted octanol–water partition coefficient (Wildman–Crippen LogP) is 4.47. The van der Waals surface area contributed by atoms with Gasteiger partial charge in [0, 0.05) is 39.2 Å².